The number of ether oxygens (including phenoxy) is 1. The van der Waals surface area contributed by atoms with Gasteiger partial charge >= 0.3 is 5.97 Å². The average Bonchev–Trinajstić information content (AvgIpc) is 2.13. The Morgan fingerprint density at radius 3 is 2.56 bits per heavy atom. The number of hydrogen-bond acceptors (Lipinski definition) is 3. The van der Waals surface area contributed by atoms with Crippen LogP contribution in [0.15, 0.2) is 24.5 Å². The van der Waals surface area contributed by atoms with E-state index in [1.807, 2.05) is 53.2 Å². The van der Waals surface area contributed by atoms with E-state index in [2.05, 4.69) is 4.98 Å². The molecular formula is C14H23N2O2+. The van der Waals surface area contributed by atoms with Crippen LogP contribution in [-0.4, -0.2) is 41.7 Å². The van der Waals surface area contributed by atoms with Gasteiger partial charge in [-0.15, -0.1) is 0 Å². The Bertz CT molecular complexity index is 394. The van der Waals surface area contributed by atoms with Crippen LogP contribution >= 0.6 is 0 Å². The van der Waals surface area contributed by atoms with E-state index in [4.69, 9.17) is 4.74 Å². The lowest BCUT2D eigenvalue weighted by Gasteiger charge is -2.30. The molecule has 0 unspecified atom stereocenters. The largest absolute Gasteiger partial charge is 0.456 e. The van der Waals surface area contributed by atoms with Crippen molar-refractivity contribution in [2.45, 2.75) is 32.9 Å². The normalized spacial score (nSPS) is 12.3. The molecule has 18 heavy (non-hydrogen) atoms. The van der Waals surface area contributed by atoms with E-state index >= 15 is 0 Å². The lowest BCUT2D eigenvalue weighted by atomic mass is 10.2. The van der Waals surface area contributed by atoms with Gasteiger partial charge in [-0.25, -0.2) is 4.79 Å². The molecule has 0 bridgehead atoms. The van der Waals surface area contributed by atoms with Crippen LogP contribution in [0.1, 0.15) is 26.3 Å². The molecular weight excluding hydrogens is 228 g/mol. The third-order valence-electron chi connectivity index (χ3n) is 2.31. The van der Waals surface area contributed by atoms with Crippen molar-refractivity contribution in [2.75, 3.05) is 20.6 Å². The summed E-state index contributed by atoms with van der Waals surface area (Å²) in [6, 6.07) is 3.92. The molecule has 1 heterocycles. The highest BCUT2D eigenvalue weighted by Crippen LogP contribution is 2.11. The van der Waals surface area contributed by atoms with Crippen molar-refractivity contribution < 1.29 is 14.0 Å². The van der Waals surface area contributed by atoms with Crippen LogP contribution in [0.3, 0.4) is 0 Å². The molecule has 0 saturated heterocycles. The Morgan fingerprint density at radius 2 is 2.06 bits per heavy atom. The summed E-state index contributed by atoms with van der Waals surface area (Å²) in [5.41, 5.74) is 0.692. The Hall–Kier alpha value is -1.42. The summed E-state index contributed by atoms with van der Waals surface area (Å²) in [5, 5.41) is 0. The van der Waals surface area contributed by atoms with Gasteiger partial charge in [-0.3, -0.25) is 4.98 Å². The van der Waals surface area contributed by atoms with Crippen molar-refractivity contribution in [1.82, 2.24) is 4.98 Å². The summed E-state index contributed by atoms with van der Waals surface area (Å²) in [4.78, 5) is 15.9. The summed E-state index contributed by atoms with van der Waals surface area (Å²) in [6.45, 7) is 6.75. The standard InChI is InChI=1S/C14H23N2O2/c1-14(2,3)18-13(17)11-16(4,5)10-12-7-6-8-15-9-12/h6-9H,10-11H2,1-5H3/q+1. The number of rotatable bonds is 4. The Kier molecular flexibility index (Phi) is 4.46. The molecule has 1 aromatic heterocycles. The number of pyridine rings is 1. The molecule has 0 N–H and O–H groups in total. The van der Waals surface area contributed by atoms with Crippen LogP contribution in [0.4, 0.5) is 0 Å². The number of likely N-dealkylation sites (N-methyl/N-ethyl adjacent to an activating group) is 1. The highest BCUT2D eigenvalue weighted by molar-refractivity contribution is 5.71. The monoisotopic (exact) mass is 251 g/mol. The fourth-order valence-electron chi connectivity index (χ4n) is 1.77. The molecule has 1 aromatic rings. The minimum absolute atomic E-state index is 0.170. The highest BCUT2D eigenvalue weighted by atomic mass is 16.6. The molecule has 0 saturated carbocycles. The molecule has 0 amide bonds. The second kappa shape index (κ2) is 5.48. The van der Waals surface area contributed by atoms with E-state index in [1.165, 1.54) is 0 Å². The molecule has 1 rings (SSSR count). The third kappa shape index (κ3) is 5.77. The number of aromatic nitrogens is 1. The maximum atomic E-state index is 11.8. The van der Waals surface area contributed by atoms with E-state index in [0.29, 0.717) is 11.0 Å². The van der Waals surface area contributed by atoms with Gasteiger partial charge in [0, 0.05) is 18.0 Å². The maximum Gasteiger partial charge on any atom is 0.362 e. The van der Waals surface area contributed by atoms with Gasteiger partial charge in [0.1, 0.15) is 12.1 Å². The van der Waals surface area contributed by atoms with Crippen LogP contribution in [-0.2, 0) is 16.1 Å². The van der Waals surface area contributed by atoms with Crippen molar-refractivity contribution in [3.63, 3.8) is 0 Å². The van der Waals surface area contributed by atoms with Gasteiger partial charge in [0.25, 0.3) is 0 Å². The summed E-state index contributed by atoms with van der Waals surface area (Å²) >= 11 is 0. The molecule has 0 fully saturated rings. The number of carbonyl (C=O) groups excluding carboxylic acids is 1. The Morgan fingerprint density at radius 1 is 1.39 bits per heavy atom. The zero-order valence-corrected chi connectivity index (χ0v) is 11.9. The topological polar surface area (TPSA) is 39.2 Å². The lowest BCUT2D eigenvalue weighted by Crippen LogP contribution is -2.45. The number of hydrogen-bond donors (Lipinski definition) is 0. The van der Waals surface area contributed by atoms with Crippen molar-refractivity contribution >= 4 is 5.97 Å². The van der Waals surface area contributed by atoms with Crippen molar-refractivity contribution in [3.8, 4) is 0 Å². The second-order valence-corrected chi connectivity index (χ2v) is 6.20. The predicted octanol–water partition coefficient (Wildman–Crippen LogP) is 2.00. The number of nitrogens with zero attached hydrogens (tertiary/aromatic N) is 2. The zero-order chi connectivity index (χ0) is 13.8. The summed E-state index contributed by atoms with van der Waals surface area (Å²) in [6.07, 6.45) is 3.58. The minimum Gasteiger partial charge on any atom is -0.456 e. The van der Waals surface area contributed by atoms with E-state index in [0.717, 1.165) is 12.1 Å². The van der Waals surface area contributed by atoms with Crippen molar-refractivity contribution in [1.29, 1.82) is 0 Å². The zero-order valence-electron chi connectivity index (χ0n) is 11.9. The van der Waals surface area contributed by atoms with E-state index in [-0.39, 0.29) is 5.97 Å². The van der Waals surface area contributed by atoms with Gasteiger partial charge in [-0.05, 0) is 26.8 Å². The van der Waals surface area contributed by atoms with Gasteiger partial charge < -0.3 is 9.22 Å². The maximum absolute atomic E-state index is 11.8. The van der Waals surface area contributed by atoms with Crippen molar-refractivity contribution in [2.24, 2.45) is 0 Å². The van der Waals surface area contributed by atoms with Gasteiger partial charge in [0.05, 0.1) is 14.1 Å². The van der Waals surface area contributed by atoms with E-state index in [9.17, 15) is 4.79 Å². The molecule has 0 spiro atoms. The molecule has 0 aromatic carbocycles. The first-order valence-corrected chi connectivity index (χ1v) is 6.11. The SMILES string of the molecule is CC(C)(C)OC(=O)C[N+](C)(C)Cc1cccnc1. The summed E-state index contributed by atoms with van der Waals surface area (Å²) in [5.74, 6) is -0.170. The first kappa shape index (κ1) is 14.6. The number of carbonyl (C=O) groups is 1. The highest BCUT2D eigenvalue weighted by Gasteiger charge is 2.25. The van der Waals surface area contributed by atoms with Crippen molar-refractivity contribution in [3.05, 3.63) is 30.1 Å². The fraction of sp³-hybridized carbons (Fsp3) is 0.571. The Labute approximate surface area is 109 Å². The molecule has 100 valence electrons. The number of esters is 1. The molecule has 0 aliphatic carbocycles. The van der Waals surface area contributed by atoms with E-state index in [1.54, 1.807) is 6.20 Å². The molecule has 0 aliphatic rings. The van der Waals surface area contributed by atoms with Gasteiger partial charge in [0.2, 0.25) is 0 Å². The molecule has 0 radical (unpaired) electrons. The lowest BCUT2D eigenvalue weighted by molar-refractivity contribution is -0.896. The molecule has 4 heteroatoms. The van der Waals surface area contributed by atoms with Crippen LogP contribution < -0.4 is 0 Å². The second-order valence-electron chi connectivity index (χ2n) is 6.20. The van der Waals surface area contributed by atoms with Crippen LogP contribution in [0.2, 0.25) is 0 Å². The Balaban J connectivity index is 2.57. The van der Waals surface area contributed by atoms with Crippen LogP contribution in [0, 0.1) is 0 Å². The van der Waals surface area contributed by atoms with E-state index < -0.39 is 5.60 Å². The predicted molar refractivity (Wildman–Crippen MR) is 70.8 cm³/mol. The molecule has 4 nitrogen and oxygen atoms in total. The average molecular weight is 251 g/mol. The summed E-state index contributed by atoms with van der Waals surface area (Å²) in [7, 11) is 4.02. The fourth-order valence-corrected chi connectivity index (χ4v) is 1.77. The van der Waals surface area contributed by atoms with Crippen LogP contribution in [0.25, 0.3) is 0 Å². The number of quaternary nitrogens is 1. The van der Waals surface area contributed by atoms with Gasteiger partial charge in [-0.1, -0.05) is 6.07 Å². The van der Waals surface area contributed by atoms with Crippen LogP contribution in [0.5, 0.6) is 0 Å². The third-order valence-corrected chi connectivity index (χ3v) is 2.31. The minimum atomic E-state index is -0.425. The quantitative estimate of drug-likeness (QED) is 0.607. The molecule has 0 aliphatic heterocycles. The smallest absolute Gasteiger partial charge is 0.362 e. The molecule has 0 atom stereocenters. The first-order chi connectivity index (χ1) is 8.18. The van der Waals surface area contributed by atoms with Gasteiger partial charge in [-0.2, -0.15) is 0 Å². The first-order valence-electron chi connectivity index (χ1n) is 6.11. The van der Waals surface area contributed by atoms with Gasteiger partial charge in [0.15, 0.2) is 6.54 Å². The summed E-state index contributed by atoms with van der Waals surface area (Å²) < 4.78 is 5.90.